The van der Waals surface area contributed by atoms with Gasteiger partial charge in [0.25, 0.3) is 5.91 Å². The molecule has 1 atom stereocenters. The van der Waals surface area contributed by atoms with E-state index in [1.165, 1.54) is 5.06 Å². The summed E-state index contributed by atoms with van der Waals surface area (Å²) in [5.41, 5.74) is 0. The fraction of sp³-hybridized carbons (Fsp3) is 0.778. The van der Waals surface area contributed by atoms with E-state index in [0.29, 0.717) is 26.0 Å². The molecule has 2 heterocycles. The monoisotopic (exact) mass is 198 g/mol. The molecule has 5 heteroatoms. The number of amides is 2. The first-order valence-corrected chi connectivity index (χ1v) is 5.01. The second-order valence-corrected chi connectivity index (χ2v) is 3.64. The lowest BCUT2D eigenvalue weighted by Gasteiger charge is -2.27. The molecule has 0 aromatic carbocycles. The van der Waals surface area contributed by atoms with Crippen molar-refractivity contribution in [3.05, 3.63) is 0 Å². The minimum Gasteiger partial charge on any atom is -0.344 e. The number of hydrogen-bond acceptors (Lipinski definition) is 3. The van der Waals surface area contributed by atoms with Crippen LogP contribution in [0, 0.1) is 0 Å². The van der Waals surface area contributed by atoms with Crippen molar-refractivity contribution in [1.82, 2.24) is 10.4 Å². The van der Waals surface area contributed by atoms with Crippen molar-refractivity contribution in [3.63, 3.8) is 0 Å². The van der Waals surface area contributed by atoms with Crippen molar-refractivity contribution in [3.8, 4) is 0 Å². The molecule has 2 saturated heterocycles. The Balaban J connectivity index is 1.90. The molecule has 78 valence electrons. The van der Waals surface area contributed by atoms with E-state index in [2.05, 4.69) is 5.32 Å². The molecule has 0 saturated carbocycles. The van der Waals surface area contributed by atoms with Crippen LogP contribution in [0.4, 0.5) is 0 Å². The number of nitrogens with zero attached hydrogens (tertiary/aromatic N) is 1. The largest absolute Gasteiger partial charge is 0.344 e. The zero-order valence-corrected chi connectivity index (χ0v) is 7.99. The Hall–Kier alpha value is -1.10. The topological polar surface area (TPSA) is 58.6 Å². The molecule has 0 aromatic rings. The Morgan fingerprint density at radius 3 is 2.93 bits per heavy atom. The first-order valence-electron chi connectivity index (χ1n) is 5.01. The Kier molecular flexibility index (Phi) is 2.67. The SMILES string of the molecule is O=C1CCC(C(=O)N2CCCCO2)N1. The standard InChI is InChI=1S/C9H14N2O3/c12-8-4-3-7(10-8)9(13)11-5-1-2-6-14-11/h7H,1-6H2,(H,10,12). The molecule has 14 heavy (non-hydrogen) atoms. The Bertz CT molecular complexity index is 248. The zero-order chi connectivity index (χ0) is 9.97. The molecule has 2 fully saturated rings. The van der Waals surface area contributed by atoms with Crippen molar-refractivity contribution in [1.29, 1.82) is 0 Å². The summed E-state index contributed by atoms with van der Waals surface area (Å²) in [6, 6.07) is -0.361. The van der Waals surface area contributed by atoms with Crippen molar-refractivity contribution in [2.24, 2.45) is 0 Å². The van der Waals surface area contributed by atoms with E-state index in [1.807, 2.05) is 0 Å². The second kappa shape index (κ2) is 3.96. The minimum absolute atomic E-state index is 0.0413. The van der Waals surface area contributed by atoms with Crippen LogP contribution >= 0.6 is 0 Å². The Morgan fingerprint density at radius 1 is 1.50 bits per heavy atom. The van der Waals surface area contributed by atoms with Crippen molar-refractivity contribution < 1.29 is 14.4 Å². The van der Waals surface area contributed by atoms with Gasteiger partial charge in [-0.25, -0.2) is 5.06 Å². The molecule has 0 bridgehead atoms. The van der Waals surface area contributed by atoms with Gasteiger partial charge in [0, 0.05) is 13.0 Å². The molecule has 2 amide bonds. The van der Waals surface area contributed by atoms with Gasteiger partial charge in [-0.1, -0.05) is 0 Å². The summed E-state index contributed by atoms with van der Waals surface area (Å²) in [6.45, 7) is 1.25. The lowest BCUT2D eigenvalue weighted by molar-refractivity contribution is -0.198. The van der Waals surface area contributed by atoms with Crippen LogP contribution in [0.2, 0.25) is 0 Å². The molecule has 1 N–H and O–H groups in total. The predicted octanol–water partition coefficient (Wildman–Crippen LogP) is -0.181. The molecule has 2 aliphatic heterocycles. The molecule has 1 unspecified atom stereocenters. The first-order chi connectivity index (χ1) is 6.77. The quantitative estimate of drug-likeness (QED) is 0.635. The molecule has 0 aromatic heterocycles. The number of nitrogens with one attached hydrogen (secondary N) is 1. The number of carbonyl (C=O) groups excluding carboxylic acids is 2. The maximum atomic E-state index is 11.7. The molecule has 2 aliphatic rings. The highest BCUT2D eigenvalue weighted by Crippen LogP contribution is 2.13. The van der Waals surface area contributed by atoms with Crippen LogP contribution in [0.15, 0.2) is 0 Å². The molecule has 0 radical (unpaired) electrons. The molecule has 5 nitrogen and oxygen atoms in total. The summed E-state index contributed by atoms with van der Waals surface area (Å²) in [6.07, 6.45) is 3.02. The maximum Gasteiger partial charge on any atom is 0.268 e. The summed E-state index contributed by atoms with van der Waals surface area (Å²) in [7, 11) is 0. The van der Waals surface area contributed by atoms with Gasteiger partial charge in [0.05, 0.1) is 6.61 Å². The predicted molar refractivity (Wildman–Crippen MR) is 48.1 cm³/mol. The van der Waals surface area contributed by atoms with Crippen LogP contribution in [0.25, 0.3) is 0 Å². The third-order valence-electron chi connectivity index (χ3n) is 2.54. The third-order valence-corrected chi connectivity index (χ3v) is 2.54. The smallest absolute Gasteiger partial charge is 0.268 e. The molecular formula is C9H14N2O3. The Morgan fingerprint density at radius 2 is 2.36 bits per heavy atom. The van der Waals surface area contributed by atoms with E-state index >= 15 is 0 Å². The minimum atomic E-state index is -0.361. The van der Waals surface area contributed by atoms with Gasteiger partial charge in [-0.15, -0.1) is 0 Å². The van der Waals surface area contributed by atoms with Gasteiger partial charge in [0.15, 0.2) is 0 Å². The second-order valence-electron chi connectivity index (χ2n) is 3.64. The summed E-state index contributed by atoms with van der Waals surface area (Å²) < 4.78 is 0. The lowest BCUT2D eigenvalue weighted by atomic mass is 10.2. The molecular weight excluding hydrogens is 184 g/mol. The van der Waals surface area contributed by atoms with Gasteiger partial charge in [0.2, 0.25) is 5.91 Å². The third kappa shape index (κ3) is 1.87. The van der Waals surface area contributed by atoms with Crippen molar-refractivity contribution >= 4 is 11.8 Å². The van der Waals surface area contributed by atoms with Gasteiger partial charge < -0.3 is 5.32 Å². The Labute approximate surface area is 82.3 Å². The first kappa shape index (κ1) is 9.45. The van der Waals surface area contributed by atoms with Crippen molar-refractivity contribution in [2.75, 3.05) is 13.2 Å². The number of hydrogen-bond donors (Lipinski definition) is 1. The number of rotatable bonds is 1. The van der Waals surface area contributed by atoms with E-state index in [0.717, 1.165) is 12.8 Å². The van der Waals surface area contributed by atoms with E-state index in [1.54, 1.807) is 0 Å². The maximum absolute atomic E-state index is 11.7. The van der Waals surface area contributed by atoms with Gasteiger partial charge in [0.1, 0.15) is 6.04 Å². The van der Waals surface area contributed by atoms with Crippen LogP contribution < -0.4 is 5.32 Å². The van der Waals surface area contributed by atoms with E-state index in [4.69, 9.17) is 4.84 Å². The van der Waals surface area contributed by atoms with Crippen LogP contribution in [-0.4, -0.2) is 36.1 Å². The summed E-state index contributed by atoms with van der Waals surface area (Å²) in [4.78, 5) is 27.9. The van der Waals surface area contributed by atoms with Gasteiger partial charge >= 0.3 is 0 Å². The van der Waals surface area contributed by atoms with Gasteiger partial charge in [-0.3, -0.25) is 14.4 Å². The van der Waals surface area contributed by atoms with E-state index < -0.39 is 0 Å². The molecule has 0 aliphatic carbocycles. The highest BCUT2D eigenvalue weighted by molar-refractivity contribution is 5.90. The molecule has 2 rings (SSSR count). The van der Waals surface area contributed by atoms with Crippen LogP contribution in [0.3, 0.4) is 0 Å². The molecule has 0 spiro atoms. The zero-order valence-electron chi connectivity index (χ0n) is 7.99. The van der Waals surface area contributed by atoms with E-state index in [-0.39, 0.29) is 17.9 Å². The van der Waals surface area contributed by atoms with E-state index in [9.17, 15) is 9.59 Å². The highest BCUT2D eigenvalue weighted by atomic mass is 16.7. The van der Waals surface area contributed by atoms with Crippen LogP contribution in [-0.2, 0) is 14.4 Å². The lowest BCUT2D eigenvalue weighted by Crippen LogP contribution is -2.46. The van der Waals surface area contributed by atoms with Crippen LogP contribution in [0.1, 0.15) is 25.7 Å². The number of carbonyl (C=O) groups is 2. The van der Waals surface area contributed by atoms with Gasteiger partial charge in [-0.05, 0) is 19.3 Å². The summed E-state index contributed by atoms with van der Waals surface area (Å²) in [5.74, 6) is -0.143. The highest BCUT2D eigenvalue weighted by Gasteiger charge is 2.31. The van der Waals surface area contributed by atoms with Gasteiger partial charge in [-0.2, -0.15) is 0 Å². The normalized spacial score (nSPS) is 27.6. The summed E-state index contributed by atoms with van der Waals surface area (Å²) in [5, 5.41) is 4.03. The van der Waals surface area contributed by atoms with Crippen LogP contribution in [0.5, 0.6) is 0 Å². The fourth-order valence-electron chi connectivity index (χ4n) is 1.74. The number of hydroxylamine groups is 2. The fourth-order valence-corrected chi connectivity index (χ4v) is 1.74. The van der Waals surface area contributed by atoms with Crippen molar-refractivity contribution in [2.45, 2.75) is 31.7 Å². The summed E-state index contributed by atoms with van der Waals surface area (Å²) >= 11 is 0. The average Bonchev–Trinajstić information content (AvgIpc) is 2.65. The average molecular weight is 198 g/mol.